The number of nitrogens with zero attached hydrogens (tertiary/aromatic N) is 1. The minimum Gasteiger partial charge on any atom is -0.456 e. The molecule has 0 saturated carbocycles. The molecule has 0 bridgehead atoms. The van der Waals surface area contributed by atoms with Crippen molar-refractivity contribution < 1.29 is 4.42 Å². The fraction of sp³-hybridized carbons (Fsp3) is 0. The number of hydrogen-bond acceptors (Lipinski definition) is 2. The summed E-state index contributed by atoms with van der Waals surface area (Å²) in [4.78, 5) is 2.38. The quantitative estimate of drug-likeness (QED) is 0.168. The van der Waals surface area contributed by atoms with Crippen LogP contribution in [-0.2, 0) is 0 Å². The van der Waals surface area contributed by atoms with Crippen LogP contribution in [0.15, 0.2) is 205 Å². The van der Waals surface area contributed by atoms with Gasteiger partial charge in [-0.1, -0.05) is 146 Å². The third-order valence-electron chi connectivity index (χ3n) is 11.0. The molecule has 2 nitrogen and oxygen atoms in total. The van der Waals surface area contributed by atoms with E-state index in [1.54, 1.807) is 0 Å². The van der Waals surface area contributed by atoms with Crippen LogP contribution in [0.4, 0.5) is 17.1 Å². The number of rotatable bonds is 5. The van der Waals surface area contributed by atoms with E-state index in [1.165, 1.54) is 65.3 Å². The Balaban J connectivity index is 1.07. The molecule has 0 unspecified atom stereocenters. The first-order valence-electron chi connectivity index (χ1n) is 18.5. The van der Waals surface area contributed by atoms with Gasteiger partial charge in [0, 0.05) is 27.8 Å². The van der Waals surface area contributed by atoms with E-state index >= 15 is 0 Å². The lowest BCUT2D eigenvalue weighted by atomic mass is 9.94. The van der Waals surface area contributed by atoms with E-state index < -0.39 is 0 Å². The zero-order valence-electron chi connectivity index (χ0n) is 29.4. The summed E-state index contributed by atoms with van der Waals surface area (Å²) >= 11 is 0. The molecule has 0 fully saturated rings. The minimum absolute atomic E-state index is 0.886. The van der Waals surface area contributed by atoms with Crippen molar-refractivity contribution in [1.29, 1.82) is 0 Å². The highest BCUT2D eigenvalue weighted by Crippen LogP contribution is 2.43. The van der Waals surface area contributed by atoms with Gasteiger partial charge in [0.05, 0.1) is 0 Å². The van der Waals surface area contributed by atoms with E-state index in [-0.39, 0.29) is 0 Å². The zero-order chi connectivity index (χ0) is 35.6. The summed E-state index contributed by atoms with van der Waals surface area (Å²) in [5, 5.41) is 12.3. The van der Waals surface area contributed by atoms with Gasteiger partial charge in [-0.25, -0.2) is 0 Å². The van der Waals surface area contributed by atoms with Gasteiger partial charge in [0.2, 0.25) is 0 Å². The number of benzene rings is 10. The molecular formula is C52H33NO. The molecule has 11 aromatic rings. The number of para-hydroxylation sites is 1. The van der Waals surface area contributed by atoms with Crippen LogP contribution < -0.4 is 4.90 Å². The Kier molecular flexibility index (Phi) is 6.90. The van der Waals surface area contributed by atoms with Gasteiger partial charge >= 0.3 is 0 Å². The third-order valence-corrected chi connectivity index (χ3v) is 11.0. The SMILES string of the molecule is c1cc(-c2ccc(N(c3ccc4oc5ccccc5c4c3)c3ccc4c5ccccc5c5ccccc5c4c3)cc2)cc(-c2cccc3ccccc23)c1. The van der Waals surface area contributed by atoms with E-state index in [1.807, 2.05) is 12.1 Å². The first kappa shape index (κ1) is 30.5. The molecule has 2 heteroatoms. The molecular weight excluding hydrogens is 655 g/mol. The van der Waals surface area contributed by atoms with Crippen molar-refractivity contribution in [2.75, 3.05) is 4.90 Å². The maximum Gasteiger partial charge on any atom is 0.135 e. The molecule has 1 heterocycles. The zero-order valence-corrected chi connectivity index (χ0v) is 29.4. The van der Waals surface area contributed by atoms with Gasteiger partial charge in [0.15, 0.2) is 0 Å². The number of hydrogen-bond donors (Lipinski definition) is 0. The van der Waals surface area contributed by atoms with Crippen LogP contribution in [0.25, 0.3) is 87.3 Å². The molecule has 0 N–H and O–H groups in total. The van der Waals surface area contributed by atoms with Crippen molar-refractivity contribution in [3.05, 3.63) is 200 Å². The molecule has 0 aliphatic rings. The summed E-state index contributed by atoms with van der Waals surface area (Å²) in [6, 6.07) is 72.4. The Hall–Kier alpha value is -7.16. The van der Waals surface area contributed by atoms with Crippen molar-refractivity contribution in [2.24, 2.45) is 0 Å². The van der Waals surface area contributed by atoms with Crippen molar-refractivity contribution >= 4 is 82.1 Å². The van der Waals surface area contributed by atoms with E-state index in [9.17, 15) is 0 Å². The predicted molar refractivity (Wildman–Crippen MR) is 229 cm³/mol. The molecule has 0 atom stereocenters. The molecule has 0 amide bonds. The van der Waals surface area contributed by atoms with Crippen LogP contribution in [0.1, 0.15) is 0 Å². The second-order valence-corrected chi connectivity index (χ2v) is 14.1. The van der Waals surface area contributed by atoms with E-state index in [0.717, 1.165) is 39.0 Å². The number of furan rings is 1. The summed E-state index contributed by atoms with van der Waals surface area (Å²) in [6.07, 6.45) is 0. The average Bonchev–Trinajstić information content (AvgIpc) is 3.62. The van der Waals surface area contributed by atoms with Crippen LogP contribution in [-0.4, -0.2) is 0 Å². The number of anilines is 3. The lowest BCUT2D eigenvalue weighted by Crippen LogP contribution is -2.10. The fourth-order valence-electron chi connectivity index (χ4n) is 8.48. The monoisotopic (exact) mass is 687 g/mol. The topological polar surface area (TPSA) is 16.4 Å². The molecule has 54 heavy (non-hydrogen) atoms. The second-order valence-electron chi connectivity index (χ2n) is 14.1. The summed E-state index contributed by atoms with van der Waals surface area (Å²) in [5.41, 5.74) is 9.86. The summed E-state index contributed by atoms with van der Waals surface area (Å²) in [6.45, 7) is 0. The Morgan fingerprint density at radius 1 is 0.278 bits per heavy atom. The second kappa shape index (κ2) is 12.2. The molecule has 0 aliphatic heterocycles. The fourth-order valence-corrected chi connectivity index (χ4v) is 8.48. The van der Waals surface area contributed by atoms with Gasteiger partial charge < -0.3 is 9.32 Å². The molecule has 0 spiro atoms. The van der Waals surface area contributed by atoms with Gasteiger partial charge in [-0.3, -0.25) is 0 Å². The Morgan fingerprint density at radius 3 is 1.56 bits per heavy atom. The molecule has 1 aromatic heterocycles. The van der Waals surface area contributed by atoms with Crippen LogP contribution in [0.2, 0.25) is 0 Å². The number of fused-ring (bicyclic) bond motifs is 10. The van der Waals surface area contributed by atoms with Crippen molar-refractivity contribution in [2.45, 2.75) is 0 Å². The highest BCUT2D eigenvalue weighted by Gasteiger charge is 2.18. The predicted octanol–water partition coefficient (Wildman–Crippen LogP) is 15.0. The van der Waals surface area contributed by atoms with Gasteiger partial charge in [-0.15, -0.1) is 0 Å². The van der Waals surface area contributed by atoms with Gasteiger partial charge in [-0.2, -0.15) is 0 Å². The molecule has 0 aliphatic carbocycles. The smallest absolute Gasteiger partial charge is 0.135 e. The highest BCUT2D eigenvalue weighted by atomic mass is 16.3. The van der Waals surface area contributed by atoms with Crippen molar-refractivity contribution in [1.82, 2.24) is 0 Å². The van der Waals surface area contributed by atoms with Crippen LogP contribution in [0, 0.1) is 0 Å². The van der Waals surface area contributed by atoms with E-state index in [0.29, 0.717) is 0 Å². The van der Waals surface area contributed by atoms with Gasteiger partial charge in [-0.05, 0) is 120 Å². The Bertz CT molecular complexity index is 3190. The molecule has 252 valence electrons. The molecule has 0 saturated heterocycles. The first-order valence-corrected chi connectivity index (χ1v) is 18.5. The molecule has 11 rings (SSSR count). The third kappa shape index (κ3) is 4.88. The summed E-state index contributed by atoms with van der Waals surface area (Å²) in [5.74, 6) is 0. The highest BCUT2D eigenvalue weighted by molar-refractivity contribution is 6.25. The largest absolute Gasteiger partial charge is 0.456 e. The standard InChI is InChI=1S/C52H33NO/c1-2-15-41-35(11-1)12-10-21-42(41)37-14-9-13-36(31-37)34-23-25-38(26-24-34)53(40-28-30-52-50(33-40)48-20-7-8-22-51(48)54-52)39-27-29-47-45-18-4-3-16-43(45)44-17-5-6-19-46(44)49(47)32-39/h1-33H. The lowest BCUT2D eigenvalue weighted by Gasteiger charge is -2.26. The van der Waals surface area contributed by atoms with Crippen molar-refractivity contribution in [3.8, 4) is 22.3 Å². The summed E-state index contributed by atoms with van der Waals surface area (Å²) in [7, 11) is 0. The van der Waals surface area contributed by atoms with Crippen LogP contribution >= 0.6 is 0 Å². The minimum atomic E-state index is 0.886. The van der Waals surface area contributed by atoms with Crippen molar-refractivity contribution in [3.63, 3.8) is 0 Å². The Labute approximate surface area is 312 Å². The van der Waals surface area contributed by atoms with Gasteiger partial charge in [0.25, 0.3) is 0 Å². The Morgan fingerprint density at radius 2 is 0.796 bits per heavy atom. The van der Waals surface area contributed by atoms with Gasteiger partial charge in [0.1, 0.15) is 11.2 Å². The lowest BCUT2D eigenvalue weighted by molar-refractivity contribution is 0.669. The summed E-state index contributed by atoms with van der Waals surface area (Å²) < 4.78 is 6.26. The van der Waals surface area contributed by atoms with E-state index in [2.05, 4.69) is 193 Å². The maximum absolute atomic E-state index is 6.26. The van der Waals surface area contributed by atoms with Crippen LogP contribution in [0.5, 0.6) is 0 Å². The normalized spacial score (nSPS) is 11.7. The van der Waals surface area contributed by atoms with Crippen LogP contribution in [0.3, 0.4) is 0 Å². The average molecular weight is 688 g/mol. The first-order chi connectivity index (χ1) is 26.8. The van der Waals surface area contributed by atoms with E-state index in [4.69, 9.17) is 4.42 Å². The molecule has 10 aromatic carbocycles. The maximum atomic E-state index is 6.26. The molecule has 0 radical (unpaired) electrons.